The Labute approximate surface area is 101 Å². The summed E-state index contributed by atoms with van der Waals surface area (Å²) in [5.41, 5.74) is 0.856. The molecule has 1 saturated heterocycles. The monoisotopic (exact) mass is 235 g/mol. The quantitative estimate of drug-likeness (QED) is 0.808. The fraction of sp³-hybridized carbons (Fsp3) is 0.571. The normalized spacial score (nSPS) is 27.5. The van der Waals surface area contributed by atoms with E-state index in [0.717, 1.165) is 6.54 Å². The molecule has 1 N–H and O–H groups in total. The van der Waals surface area contributed by atoms with Gasteiger partial charge in [0, 0.05) is 17.6 Å². The zero-order valence-corrected chi connectivity index (χ0v) is 9.92. The summed E-state index contributed by atoms with van der Waals surface area (Å²) in [6, 6.07) is 6.89. The molecule has 1 unspecified atom stereocenters. The van der Waals surface area contributed by atoms with Gasteiger partial charge in [-0.05, 0) is 18.9 Å². The highest BCUT2D eigenvalue weighted by atomic mass is 19.1. The van der Waals surface area contributed by atoms with E-state index in [9.17, 15) is 4.39 Å². The Morgan fingerprint density at radius 3 is 2.65 bits per heavy atom. The molecule has 0 aromatic heterocycles. The molecule has 0 amide bonds. The van der Waals surface area contributed by atoms with Crippen LogP contribution >= 0.6 is 0 Å². The van der Waals surface area contributed by atoms with Crippen LogP contribution in [0.25, 0.3) is 0 Å². The lowest BCUT2D eigenvalue weighted by molar-refractivity contribution is -0.0340. The molecule has 1 heterocycles. The lowest BCUT2D eigenvalue weighted by Gasteiger charge is -2.38. The minimum absolute atomic E-state index is 0.137. The molecule has 1 aromatic carbocycles. The van der Waals surface area contributed by atoms with Crippen LogP contribution in [0.5, 0.6) is 0 Å². The van der Waals surface area contributed by atoms with Gasteiger partial charge in [-0.15, -0.1) is 0 Å². The van der Waals surface area contributed by atoms with E-state index in [2.05, 4.69) is 5.32 Å². The van der Waals surface area contributed by atoms with Crippen molar-refractivity contribution in [1.82, 2.24) is 5.32 Å². The fourth-order valence-corrected chi connectivity index (χ4v) is 2.99. The first-order chi connectivity index (χ1) is 8.29. The average Bonchev–Trinajstić information content (AvgIpc) is 2.80. The molecule has 92 valence electrons. The van der Waals surface area contributed by atoms with Crippen molar-refractivity contribution in [3.8, 4) is 0 Å². The molecule has 1 aromatic rings. The third-order valence-corrected chi connectivity index (χ3v) is 4.04. The predicted octanol–water partition coefficient (Wildman–Crippen LogP) is 2.80. The van der Waals surface area contributed by atoms with Crippen LogP contribution < -0.4 is 5.32 Å². The first kappa shape index (κ1) is 11.2. The molecule has 0 radical (unpaired) electrons. The Morgan fingerprint density at radius 1 is 1.24 bits per heavy atom. The van der Waals surface area contributed by atoms with E-state index >= 15 is 0 Å². The van der Waals surface area contributed by atoms with Crippen molar-refractivity contribution >= 4 is 0 Å². The molecule has 2 fully saturated rings. The summed E-state index contributed by atoms with van der Waals surface area (Å²) in [6.45, 7) is 1.44. The third-order valence-electron chi connectivity index (χ3n) is 4.04. The Balaban J connectivity index is 1.71. The number of nitrogens with one attached hydrogen (secondary N) is 1. The summed E-state index contributed by atoms with van der Waals surface area (Å²) in [5.74, 6) is -0.165. The molecule has 0 bridgehead atoms. The summed E-state index contributed by atoms with van der Waals surface area (Å²) in [5, 5.41) is 3.58. The van der Waals surface area contributed by atoms with Gasteiger partial charge in [-0.2, -0.15) is 0 Å². The molecule has 1 saturated carbocycles. The van der Waals surface area contributed by atoms with Gasteiger partial charge < -0.3 is 10.1 Å². The highest BCUT2D eigenvalue weighted by molar-refractivity contribution is 5.21. The Kier molecular flexibility index (Phi) is 2.89. The van der Waals surface area contributed by atoms with Crippen LogP contribution in [0, 0.1) is 5.82 Å². The van der Waals surface area contributed by atoms with Crippen LogP contribution in [0.3, 0.4) is 0 Å². The van der Waals surface area contributed by atoms with Gasteiger partial charge in [0.1, 0.15) is 5.82 Å². The molecular formula is C14H18FNO. The molecule has 1 aliphatic heterocycles. The second kappa shape index (κ2) is 4.39. The summed E-state index contributed by atoms with van der Waals surface area (Å²) >= 11 is 0. The van der Waals surface area contributed by atoms with Gasteiger partial charge in [0.05, 0.1) is 12.7 Å². The van der Waals surface area contributed by atoms with Crippen molar-refractivity contribution in [3.05, 3.63) is 35.6 Å². The van der Waals surface area contributed by atoms with E-state index in [1.165, 1.54) is 31.7 Å². The molecule has 1 aliphatic carbocycles. The number of halogens is 1. The summed E-state index contributed by atoms with van der Waals surface area (Å²) < 4.78 is 19.5. The van der Waals surface area contributed by atoms with E-state index in [4.69, 9.17) is 4.74 Å². The molecule has 2 aliphatic rings. The average molecular weight is 235 g/mol. The van der Waals surface area contributed by atoms with Gasteiger partial charge in [0.2, 0.25) is 0 Å². The second-order valence-corrected chi connectivity index (χ2v) is 5.19. The van der Waals surface area contributed by atoms with E-state index in [0.29, 0.717) is 12.2 Å². The molecule has 2 nitrogen and oxygen atoms in total. The van der Waals surface area contributed by atoms with Crippen LogP contribution in [0.2, 0.25) is 0 Å². The van der Waals surface area contributed by atoms with Crippen LogP contribution in [0.1, 0.15) is 37.4 Å². The standard InChI is InChI=1S/C14H18FNO/c15-12-6-2-1-5-11(12)13-9-16-14(10-17-13)7-3-4-8-14/h1-2,5-6,13,16H,3-4,7-10H2. The van der Waals surface area contributed by atoms with Crippen LogP contribution in [0.4, 0.5) is 4.39 Å². The maximum atomic E-state index is 13.6. The minimum Gasteiger partial charge on any atom is -0.370 e. The number of ether oxygens (including phenoxy) is 1. The summed E-state index contributed by atoms with van der Waals surface area (Å²) in [4.78, 5) is 0. The van der Waals surface area contributed by atoms with Crippen molar-refractivity contribution in [1.29, 1.82) is 0 Å². The topological polar surface area (TPSA) is 21.3 Å². The zero-order chi connectivity index (χ0) is 11.7. The SMILES string of the molecule is Fc1ccccc1C1CNC2(CCCC2)CO1. The predicted molar refractivity (Wildman–Crippen MR) is 64.3 cm³/mol. The van der Waals surface area contributed by atoms with Gasteiger partial charge in [-0.25, -0.2) is 4.39 Å². The van der Waals surface area contributed by atoms with Crippen molar-refractivity contribution in [2.75, 3.05) is 13.2 Å². The minimum atomic E-state index is -0.165. The molecule has 17 heavy (non-hydrogen) atoms. The zero-order valence-electron chi connectivity index (χ0n) is 9.92. The van der Waals surface area contributed by atoms with E-state index in [1.54, 1.807) is 6.07 Å². The highest BCUT2D eigenvalue weighted by Gasteiger charge is 2.38. The van der Waals surface area contributed by atoms with Gasteiger partial charge in [-0.3, -0.25) is 0 Å². The van der Waals surface area contributed by atoms with E-state index in [1.807, 2.05) is 12.1 Å². The van der Waals surface area contributed by atoms with Crippen LogP contribution in [-0.2, 0) is 4.74 Å². The Morgan fingerprint density at radius 2 is 2.00 bits per heavy atom. The first-order valence-electron chi connectivity index (χ1n) is 6.40. The maximum Gasteiger partial charge on any atom is 0.129 e. The van der Waals surface area contributed by atoms with Gasteiger partial charge in [-0.1, -0.05) is 31.0 Å². The first-order valence-corrected chi connectivity index (χ1v) is 6.40. The van der Waals surface area contributed by atoms with Crippen LogP contribution in [-0.4, -0.2) is 18.7 Å². The van der Waals surface area contributed by atoms with Gasteiger partial charge in [0.15, 0.2) is 0 Å². The number of rotatable bonds is 1. The van der Waals surface area contributed by atoms with Crippen molar-refractivity contribution in [2.24, 2.45) is 0 Å². The number of morpholine rings is 1. The van der Waals surface area contributed by atoms with Crippen molar-refractivity contribution in [3.63, 3.8) is 0 Å². The number of hydrogen-bond donors (Lipinski definition) is 1. The number of hydrogen-bond acceptors (Lipinski definition) is 2. The molecule has 1 atom stereocenters. The third kappa shape index (κ3) is 2.09. The van der Waals surface area contributed by atoms with E-state index in [-0.39, 0.29) is 17.5 Å². The summed E-state index contributed by atoms with van der Waals surface area (Å²) in [7, 11) is 0. The molecule has 3 heteroatoms. The molecular weight excluding hydrogens is 217 g/mol. The van der Waals surface area contributed by atoms with Crippen molar-refractivity contribution in [2.45, 2.75) is 37.3 Å². The lowest BCUT2D eigenvalue weighted by Crippen LogP contribution is -2.53. The molecule has 3 rings (SSSR count). The van der Waals surface area contributed by atoms with E-state index < -0.39 is 0 Å². The fourth-order valence-electron chi connectivity index (χ4n) is 2.99. The largest absolute Gasteiger partial charge is 0.370 e. The maximum absolute atomic E-state index is 13.6. The van der Waals surface area contributed by atoms with Crippen LogP contribution in [0.15, 0.2) is 24.3 Å². The number of benzene rings is 1. The summed E-state index contributed by atoms with van der Waals surface area (Å²) in [6.07, 6.45) is 4.80. The van der Waals surface area contributed by atoms with Gasteiger partial charge in [0.25, 0.3) is 0 Å². The Hall–Kier alpha value is -0.930. The van der Waals surface area contributed by atoms with Crippen molar-refractivity contribution < 1.29 is 9.13 Å². The Bertz CT molecular complexity index is 391. The highest BCUT2D eigenvalue weighted by Crippen LogP contribution is 2.35. The van der Waals surface area contributed by atoms with Gasteiger partial charge >= 0.3 is 0 Å². The molecule has 1 spiro atoms. The smallest absolute Gasteiger partial charge is 0.129 e. The second-order valence-electron chi connectivity index (χ2n) is 5.19. The lowest BCUT2D eigenvalue weighted by atomic mass is 9.95.